The van der Waals surface area contributed by atoms with E-state index in [1.807, 2.05) is 7.05 Å². The molecule has 0 aliphatic carbocycles. The molecule has 2 rings (SSSR count). The van der Waals surface area contributed by atoms with Crippen LogP contribution in [0.5, 0.6) is 0 Å². The lowest BCUT2D eigenvalue weighted by molar-refractivity contribution is 0.0878. The summed E-state index contributed by atoms with van der Waals surface area (Å²) in [4.78, 5) is 14.3. The summed E-state index contributed by atoms with van der Waals surface area (Å²) in [6, 6.07) is 6.43. The Balaban J connectivity index is 2.16. The summed E-state index contributed by atoms with van der Waals surface area (Å²) in [6.45, 7) is 1.47. The molecule has 1 aromatic carbocycles. The maximum atomic E-state index is 13.8. The van der Waals surface area contributed by atoms with Crippen LogP contribution in [0.4, 0.5) is 4.39 Å². The van der Waals surface area contributed by atoms with Crippen LogP contribution in [0.15, 0.2) is 22.7 Å². The number of hydrogen-bond acceptors (Lipinski definition) is 3. The second-order valence-corrected chi connectivity index (χ2v) is 5.99. The van der Waals surface area contributed by atoms with Crippen molar-refractivity contribution in [3.8, 4) is 6.07 Å². The van der Waals surface area contributed by atoms with Crippen LogP contribution < -0.4 is 5.32 Å². The van der Waals surface area contributed by atoms with Crippen LogP contribution in [0.1, 0.15) is 23.2 Å². The molecule has 20 heavy (non-hydrogen) atoms. The number of amides is 1. The molecule has 0 saturated carbocycles. The predicted molar refractivity (Wildman–Crippen MR) is 76.6 cm³/mol. The Kier molecular flexibility index (Phi) is 4.41. The van der Waals surface area contributed by atoms with Gasteiger partial charge in [-0.3, -0.25) is 4.79 Å². The Bertz CT molecular complexity index is 562. The Labute approximate surface area is 125 Å². The lowest BCUT2D eigenvalue weighted by atomic mass is 9.89. The number of carbonyl (C=O) groups excluding carboxylic acids is 1. The topological polar surface area (TPSA) is 56.1 Å². The number of benzene rings is 1. The maximum absolute atomic E-state index is 13.8. The molecule has 1 aliphatic heterocycles. The number of piperidine rings is 1. The fourth-order valence-electron chi connectivity index (χ4n) is 2.22. The van der Waals surface area contributed by atoms with Gasteiger partial charge in [-0.05, 0) is 38.1 Å². The fourth-order valence-corrected chi connectivity index (χ4v) is 2.56. The van der Waals surface area contributed by atoms with E-state index in [9.17, 15) is 14.4 Å². The quantitative estimate of drug-likeness (QED) is 0.899. The fraction of sp³-hybridized carbons (Fsp3) is 0.429. The van der Waals surface area contributed by atoms with Crippen LogP contribution in [-0.4, -0.2) is 36.5 Å². The molecule has 0 aromatic heterocycles. The zero-order valence-electron chi connectivity index (χ0n) is 11.1. The highest BCUT2D eigenvalue weighted by molar-refractivity contribution is 9.10. The standard InChI is InChI=1S/C14H15BrFN3O/c1-19-6-4-14(9-17,5-7-19)18-13(20)11-3-2-10(15)8-12(11)16/h2-3,8H,4-7H2,1H3,(H,18,20). The highest BCUT2D eigenvalue weighted by Crippen LogP contribution is 2.22. The van der Waals surface area contributed by atoms with Crippen LogP contribution in [-0.2, 0) is 0 Å². The van der Waals surface area contributed by atoms with Crippen molar-refractivity contribution in [3.63, 3.8) is 0 Å². The van der Waals surface area contributed by atoms with E-state index in [1.54, 1.807) is 6.07 Å². The van der Waals surface area contributed by atoms with Gasteiger partial charge in [-0.1, -0.05) is 15.9 Å². The van der Waals surface area contributed by atoms with Gasteiger partial charge in [0.2, 0.25) is 0 Å². The van der Waals surface area contributed by atoms with E-state index < -0.39 is 17.3 Å². The normalized spacial score (nSPS) is 18.3. The molecule has 0 bridgehead atoms. The van der Waals surface area contributed by atoms with Gasteiger partial charge in [0.05, 0.1) is 11.6 Å². The van der Waals surface area contributed by atoms with Crippen molar-refractivity contribution >= 4 is 21.8 Å². The van der Waals surface area contributed by atoms with Gasteiger partial charge in [0.15, 0.2) is 0 Å². The molecule has 0 radical (unpaired) electrons. The average molecular weight is 340 g/mol. The highest BCUT2D eigenvalue weighted by atomic mass is 79.9. The first-order valence-electron chi connectivity index (χ1n) is 6.33. The second-order valence-electron chi connectivity index (χ2n) is 5.08. The Hall–Kier alpha value is -1.45. The molecule has 1 amide bonds. The first-order chi connectivity index (χ1) is 9.46. The molecule has 4 nitrogen and oxygen atoms in total. The van der Waals surface area contributed by atoms with Crippen molar-refractivity contribution in [2.45, 2.75) is 18.4 Å². The molecule has 0 atom stereocenters. The zero-order chi connectivity index (χ0) is 14.8. The average Bonchev–Trinajstić information content (AvgIpc) is 2.41. The maximum Gasteiger partial charge on any atom is 0.255 e. The molecule has 1 N–H and O–H groups in total. The van der Waals surface area contributed by atoms with Crippen molar-refractivity contribution in [3.05, 3.63) is 34.1 Å². The van der Waals surface area contributed by atoms with Gasteiger partial charge in [0.1, 0.15) is 11.4 Å². The zero-order valence-corrected chi connectivity index (χ0v) is 12.7. The SMILES string of the molecule is CN1CCC(C#N)(NC(=O)c2ccc(Br)cc2F)CC1. The number of rotatable bonds is 2. The number of hydrogen-bond donors (Lipinski definition) is 1. The Morgan fingerprint density at radius 3 is 2.70 bits per heavy atom. The van der Waals surface area contributed by atoms with Gasteiger partial charge < -0.3 is 10.2 Å². The minimum absolute atomic E-state index is 0.0400. The molecular weight excluding hydrogens is 325 g/mol. The smallest absolute Gasteiger partial charge is 0.255 e. The van der Waals surface area contributed by atoms with Gasteiger partial charge in [0.25, 0.3) is 5.91 Å². The van der Waals surface area contributed by atoms with E-state index >= 15 is 0 Å². The monoisotopic (exact) mass is 339 g/mol. The number of halogens is 2. The van der Waals surface area contributed by atoms with Crippen molar-refractivity contribution in [2.24, 2.45) is 0 Å². The van der Waals surface area contributed by atoms with Crippen LogP contribution in [0.2, 0.25) is 0 Å². The van der Waals surface area contributed by atoms with Gasteiger partial charge in [0, 0.05) is 17.6 Å². The largest absolute Gasteiger partial charge is 0.334 e. The third-order valence-electron chi connectivity index (χ3n) is 3.58. The summed E-state index contributed by atoms with van der Waals surface area (Å²) in [6.07, 6.45) is 1.09. The number of likely N-dealkylation sites (tertiary alicyclic amines) is 1. The molecule has 1 aromatic rings. The molecular formula is C14H15BrFN3O. The second kappa shape index (κ2) is 5.90. The van der Waals surface area contributed by atoms with E-state index in [0.29, 0.717) is 17.3 Å². The summed E-state index contributed by atoms with van der Waals surface area (Å²) in [5.41, 5.74) is -0.940. The van der Waals surface area contributed by atoms with E-state index in [4.69, 9.17) is 0 Å². The minimum Gasteiger partial charge on any atom is -0.334 e. The molecule has 106 valence electrons. The Morgan fingerprint density at radius 1 is 1.50 bits per heavy atom. The lowest BCUT2D eigenvalue weighted by Gasteiger charge is -2.36. The molecule has 1 saturated heterocycles. The van der Waals surface area contributed by atoms with Crippen LogP contribution in [0, 0.1) is 17.1 Å². The molecule has 0 unspecified atom stereocenters. The van der Waals surface area contributed by atoms with E-state index in [0.717, 1.165) is 13.1 Å². The minimum atomic E-state index is -0.900. The summed E-state index contributed by atoms with van der Waals surface area (Å²) in [5, 5.41) is 12.0. The predicted octanol–water partition coefficient (Wildman–Crippen LogP) is 2.31. The van der Waals surface area contributed by atoms with Crippen LogP contribution in [0.3, 0.4) is 0 Å². The van der Waals surface area contributed by atoms with Gasteiger partial charge >= 0.3 is 0 Å². The number of nitrogens with zero attached hydrogens (tertiary/aromatic N) is 2. The van der Waals surface area contributed by atoms with Crippen molar-refractivity contribution < 1.29 is 9.18 Å². The number of carbonyl (C=O) groups is 1. The van der Waals surface area contributed by atoms with Crippen LogP contribution in [0.25, 0.3) is 0 Å². The van der Waals surface area contributed by atoms with Gasteiger partial charge in [-0.15, -0.1) is 0 Å². The van der Waals surface area contributed by atoms with E-state index in [1.165, 1.54) is 12.1 Å². The molecule has 1 aliphatic rings. The van der Waals surface area contributed by atoms with E-state index in [-0.39, 0.29) is 5.56 Å². The lowest BCUT2D eigenvalue weighted by Crippen LogP contribution is -2.53. The van der Waals surface area contributed by atoms with Crippen molar-refractivity contribution in [2.75, 3.05) is 20.1 Å². The molecule has 6 heteroatoms. The third kappa shape index (κ3) is 3.17. The van der Waals surface area contributed by atoms with Gasteiger partial charge in [-0.2, -0.15) is 5.26 Å². The molecule has 1 heterocycles. The van der Waals surface area contributed by atoms with Gasteiger partial charge in [-0.25, -0.2) is 4.39 Å². The van der Waals surface area contributed by atoms with Crippen molar-refractivity contribution in [1.82, 2.24) is 10.2 Å². The summed E-state index contributed by atoms with van der Waals surface area (Å²) >= 11 is 3.15. The third-order valence-corrected chi connectivity index (χ3v) is 4.08. The first-order valence-corrected chi connectivity index (χ1v) is 7.12. The summed E-state index contributed by atoms with van der Waals surface area (Å²) in [5.74, 6) is -1.14. The molecule has 0 spiro atoms. The summed E-state index contributed by atoms with van der Waals surface area (Å²) in [7, 11) is 1.97. The number of nitriles is 1. The highest BCUT2D eigenvalue weighted by Gasteiger charge is 2.35. The Morgan fingerprint density at radius 2 is 2.15 bits per heavy atom. The summed E-state index contributed by atoms with van der Waals surface area (Å²) < 4.78 is 14.3. The van der Waals surface area contributed by atoms with Crippen LogP contribution >= 0.6 is 15.9 Å². The number of nitrogens with one attached hydrogen (secondary N) is 1. The van der Waals surface area contributed by atoms with E-state index in [2.05, 4.69) is 32.2 Å². The van der Waals surface area contributed by atoms with Crippen molar-refractivity contribution in [1.29, 1.82) is 5.26 Å². The molecule has 1 fully saturated rings. The first kappa shape index (κ1) is 14.9.